The highest BCUT2D eigenvalue weighted by Crippen LogP contribution is 2.40. The predicted molar refractivity (Wildman–Crippen MR) is 200 cm³/mol. The molecule has 0 unspecified atom stereocenters. The van der Waals surface area contributed by atoms with Crippen LogP contribution in [0.25, 0.3) is 22.1 Å². The number of halogens is 2. The summed E-state index contributed by atoms with van der Waals surface area (Å²) in [6.07, 6.45) is 11.5. The third-order valence-corrected chi connectivity index (χ3v) is 10.3. The minimum atomic E-state index is -0.252. The summed E-state index contributed by atoms with van der Waals surface area (Å²) in [6, 6.07) is 23.9. The normalized spacial score (nSPS) is 19.4. The molecule has 0 atom stereocenters. The number of aliphatic hydroxyl groups is 1. The highest BCUT2D eigenvalue weighted by molar-refractivity contribution is 5.91. The molecule has 4 aromatic heterocycles. The minimum Gasteiger partial charge on any atom is -0.393 e. The van der Waals surface area contributed by atoms with E-state index in [1.165, 1.54) is 36.4 Å². The highest BCUT2D eigenvalue weighted by atomic mass is 19.1. The first-order valence-corrected chi connectivity index (χ1v) is 17.8. The summed E-state index contributed by atoms with van der Waals surface area (Å²) in [5, 5.41) is 11.2. The van der Waals surface area contributed by atoms with Gasteiger partial charge in [-0.25, -0.2) is 28.7 Å². The minimum absolute atomic E-state index is 0.225. The van der Waals surface area contributed by atoms with E-state index >= 15 is 0 Å². The van der Waals surface area contributed by atoms with Crippen LogP contribution in [0.1, 0.15) is 65.6 Å². The SMILES string of the molecule is Nc1ncnc2c1c(Cc1cccc(F)c1)cn2C1CC(O)C1.Nc1ncnc2c1c(Cc1cccc(F)c1)cn2C1CC(OCc2ccccc2)C1. The van der Waals surface area contributed by atoms with Gasteiger partial charge in [-0.3, -0.25) is 0 Å². The fraction of sp³-hybridized carbons (Fsp3) is 0.268. The number of ether oxygens (including phenoxy) is 1. The van der Waals surface area contributed by atoms with Gasteiger partial charge < -0.3 is 30.4 Å². The lowest BCUT2D eigenvalue weighted by Gasteiger charge is -2.36. The maximum absolute atomic E-state index is 13.6. The van der Waals surface area contributed by atoms with Gasteiger partial charge in [0.15, 0.2) is 0 Å². The van der Waals surface area contributed by atoms with E-state index in [1.54, 1.807) is 18.2 Å². The smallest absolute Gasteiger partial charge is 0.146 e. The molecule has 2 aliphatic carbocycles. The largest absolute Gasteiger partial charge is 0.393 e. The van der Waals surface area contributed by atoms with Crippen LogP contribution in [0.2, 0.25) is 0 Å². The molecule has 0 bridgehead atoms. The molecule has 0 radical (unpaired) electrons. The number of nitrogens with zero attached hydrogens (tertiary/aromatic N) is 6. The second-order valence-corrected chi connectivity index (χ2v) is 14.0. The van der Waals surface area contributed by atoms with E-state index in [9.17, 15) is 13.9 Å². The quantitative estimate of drug-likeness (QED) is 0.144. The van der Waals surface area contributed by atoms with Crippen LogP contribution in [0, 0.1) is 11.6 Å². The van der Waals surface area contributed by atoms with E-state index in [2.05, 4.69) is 47.4 Å². The molecule has 3 aromatic carbocycles. The van der Waals surface area contributed by atoms with Crippen LogP contribution >= 0.6 is 0 Å². The van der Waals surface area contributed by atoms with Crippen molar-refractivity contribution in [3.63, 3.8) is 0 Å². The van der Waals surface area contributed by atoms with Crippen LogP contribution < -0.4 is 11.5 Å². The first kappa shape index (κ1) is 34.4. The summed E-state index contributed by atoms with van der Waals surface area (Å²) >= 11 is 0. The summed E-state index contributed by atoms with van der Waals surface area (Å²) in [5.74, 6) is 0.400. The Balaban J connectivity index is 0.000000156. The zero-order chi connectivity index (χ0) is 36.5. The molecular weight excluding hydrogens is 675 g/mol. The van der Waals surface area contributed by atoms with E-state index in [1.807, 2.05) is 36.5 Å². The highest BCUT2D eigenvalue weighted by Gasteiger charge is 2.33. The summed E-state index contributed by atoms with van der Waals surface area (Å²) in [4.78, 5) is 17.1. The number of nitrogens with two attached hydrogens (primary N) is 2. The van der Waals surface area contributed by atoms with Crippen molar-refractivity contribution in [3.05, 3.63) is 143 Å². The van der Waals surface area contributed by atoms with E-state index < -0.39 is 0 Å². The third kappa shape index (κ3) is 7.33. The Morgan fingerprint density at radius 1 is 0.642 bits per heavy atom. The van der Waals surface area contributed by atoms with E-state index in [0.29, 0.717) is 50.0 Å². The molecule has 10 nitrogen and oxygen atoms in total. The first-order chi connectivity index (χ1) is 25.8. The van der Waals surface area contributed by atoms with Crippen LogP contribution in [0.4, 0.5) is 20.4 Å². The number of hydrogen-bond donors (Lipinski definition) is 3. The van der Waals surface area contributed by atoms with Crippen molar-refractivity contribution in [2.24, 2.45) is 0 Å². The van der Waals surface area contributed by atoms with Crippen molar-refractivity contribution < 1.29 is 18.6 Å². The molecule has 53 heavy (non-hydrogen) atoms. The second-order valence-electron chi connectivity index (χ2n) is 14.0. The van der Waals surface area contributed by atoms with Crippen molar-refractivity contribution in [1.82, 2.24) is 29.1 Å². The average molecular weight is 715 g/mol. The van der Waals surface area contributed by atoms with E-state index in [4.69, 9.17) is 16.2 Å². The molecule has 0 aliphatic heterocycles. The molecule has 2 fully saturated rings. The molecule has 0 saturated heterocycles. The van der Waals surface area contributed by atoms with Crippen LogP contribution in [-0.2, 0) is 24.2 Å². The molecule has 2 aliphatic rings. The summed E-state index contributed by atoms with van der Waals surface area (Å²) in [6.45, 7) is 0.630. The Bertz CT molecular complexity index is 2370. The lowest BCUT2D eigenvalue weighted by atomic mass is 9.89. The number of aromatic nitrogens is 6. The van der Waals surface area contributed by atoms with Gasteiger partial charge in [0.05, 0.1) is 29.6 Å². The monoisotopic (exact) mass is 714 g/mol. The average Bonchev–Trinajstić information content (AvgIpc) is 3.66. The van der Waals surface area contributed by atoms with Crippen LogP contribution in [-0.4, -0.2) is 46.4 Å². The molecular formula is C41H40F2N8O2. The van der Waals surface area contributed by atoms with Crippen molar-refractivity contribution in [2.75, 3.05) is 11.5 Å². The van der Waals surface area contributed by atoms with Crippen molar-refractivity contribution in [2.45, 2.75) is 69.4 Å². The number of anilines is 2. The lowest BCUT2D eigenvalue weighted by molar-refractivity contribution is -0.0348. The van der Waals surface area contributed by atoms with E-state index in [-0.39, 0.29) is 29.9 Å². The van der Waals surface area contributed by atoms with Crippen LogP contribution in [0.3, 0.4) is 0 Å². The van der Waals surface area contributed by atoms with Crippen molar-refractivity contribution in [3.8, 4) is 0 Å². The van der Waals surface area contributed by atoms with Gasteiger partial charge in [-0.05, 0) is 90.6 Å². The second kappa shape index (κ2) is 14.7. The topological polar surface area (TPSA) is 143 Å². The number of hydrogen-bond acceptors (Lipinski definition) is 8. The van der Waals surface area contributed by atoms with Crippen LogP contribution in [0.15, 0.2) is 104 Å². The van der Waals surface area contributed by atoms with Gasteiger partial charge in [0, 0.05) is 24.5 Å². The molecule has 7 aromatic rings. The fourth-order valence-corrected chi connectivity index (χ4v) is 7.41. The Kier molecular flexibility index (Phi) is 9.55. The fourth-order valence-electron chi connectivity index (χ4n) is 7.41. The van der Waals surface area contributed by atoms with Gasteiger partial charge in [0.2, 0.25) is 0 Å². The third-order valence-electron chi connectivity index (χ3n) is 10.3. The van der Waals surface area contributed by atoms with E-state index in [0.717, 1.165) is 57.2 Å². The molecule has 5 N–H and O–H groups in total. The summed E-state index contributed by atoms with van der Waals surface area (Å²) in [7, 11) is 0. The molecule has 4 heterocycles. The van der Waals surface area contributed by atoms with Gasteiger partial charge in [-0.1, -0.05) is 54.6 Å². The zero-order valence-corrected chi connectivity index (χ0v) is 29.0. The Morgan fingerprint density at radius 2 is 1.13 bits per heavy atom. The van der Waals surface area contributed by atoms with Gasteiger partial charge in [0.1, 0.15) is 47.2 Å². The predicted octanol–water partition coefficient (Wildman–Crippen LogP) is 7.10. The van der Waals surface area contributed by atoms with Crippen LogP contribution in [0.5, 0.6) is 0 Å². The van der Waals surface area contributed by atoms with Gasteiger partial charge in [-0.2, -0.15) is 0 Å². The molecule has 9 rings (SSSR count). The molecule has 2 saturated carbocycles. The van der Waals surface area contributed by atoms with Gasteiger partial charge in [-0.15, -0.1) is 0 Å². The van der Waals surface area contributed by atoms with Crippen molar-refractivity contribution in [1.29, 1.82) is 0 Å². The lowest BCUT2D eigenvalue weighted by Crippen LogP contribution is -2.33. The first-order valence-electron chi connectivity index (χ1n) is 17.8. The molecule has 0 spiro atoms. The number of rotatable bonds is 9. The Labute approximate surface area is 305 Å². The van der Waals surface area contributed by atoms with Gasteiger partial charge >= 0.3 is 0 Å². The molecule has 0 amide bonds. The van der Waals surface area contributed by atoms with Gasteiger partial charge in [0.25, 0.3) is 0 Å². The maximum Gasteiger partial charge on any atom is 0.146 e. The Morgan fingerprint density at radius 3 is 1.62 bits per heavy atom. The number of benzene rings is 3. The number of nitrogen functional groups attached to an aromatic ring is 2. The number of aliphatic hydroxyl groups excluding tert-OH is 1. The summed E-state index contributed by atoms with van der Waals surface area (Å²) in [5.41, 5.74) is 18.8. The molecule has 12 heteroatoms. The van der Waals surface area contributed by atoms with Crippen molar-refractivity contribution >= 4 is 33.7 Å². The standard InChI is InChI=1S/C24H23FN4O.C17H17FN4O/c25-19-8-4-7-17(10-19)9-18-13-29(24-22(18)23(26)27-15-28-24)20-11-21(12-20)30-14-16-5-2-1-3-6-16;18-12-3-1-2-10(5-12)4-11-8-22(13-6-14(23)7-13)17-15(11)16(19)20-9-21-17/h1-8,10,13,15,20-21H,9,11-12,14H2,(H2,26,27,28);1-3,5,8-9,13-14,23H,4,6-7H2,(H2,19,20,21). The maximum atomic E-state index is 13.6. The number of fused-ring (bicyclic) bond motifs is 2. The summed E-state index contributed by atoms with van der Waals surface area (Å²) < 4.78 is 37.4. The Hall–Kier alpha value is -5.72. The molecule has 270 valence electrons. The zero-order valence-electron chi connectivity index (χ0n) is 29.0.